The molecule has 0 unspecified atom stereocenters. The van der Waals surface area contributed by atoms with Gasteiger partial charge in [-0.25, -0.2) is 9.97 Å². The summed E-state index contributed by atoms with van der Waals surface area (Å²) in [6.07, 6.45) is 2.86. The maximum atomic E-state index is 12.8. The van der Waals surface area contributed by atoms with E-state index in [0.29, 0.717) is 17.0 Å². The molecule has 0 atom stereocenters. The van der Waals surface area contributed by atoms with Gasteiger partial charge in [0, 0.05) is 29.6 Å². The summed E-state index contributed by atoms with van der Waals surface area (Å²) in [5, 5.41) is 0.0203. The predicted molar refractivity (Wildman–Crippen MR) is 119 cm³/mol. The Morgan fingerprint density at radius 3 is 2.42 bits per heavy atom. The van der Waals surface area contributed by atoms with Crippen LogP contribution in [0.15, 0.2) is 58.4 Å². The van der Waals surface area contributed by atoms with Crippen LogP contribution in [0.4, 0.5) is 0 Å². The van der Waals surface area contributed by atoms with E-state index >= 15 is 0 Å². The third kappa shape index (κ3) is 3.62. The quantitative estimate of drug-likeness (QED) is 0.509. The Bertz CT molecular complexity index is 1440. The van der Waals surface area contributed by atoms with Crippen LogP contribution in [0.5, 0.6) is 0 Å². The normalized spacial score (nSPS) is 11.2. The summed E-state index contributed by atoms with van der Waals surface area (Å²) < 4.78 is 1.49. The van der Waals surface area contributed by atoms with E-state index in [0.717, 1.165) is 5.56 Å². The number of nitrogens with one attached hydrogen (secondary N) is 1. The van der Waals surface area contributed by atoms with Gasteiger partial charge in [0.1, 0.15) is 10.6 Å². The van der Waals surface area contributed by atoms with Crippen molar-refractivity contribution in [2.75, 3.05) is 0 Å². The molecular weight excluding hydrogens is 418 g/mol. The summed E-state index contributed by atoms with van der Waals surface area (Å²) in [7, 11) is 0. The van der Waals surface area contributed by atoms with Crippen LogP contribution in [0, 0.1) is 0 Å². The Morgan fingerprint density at radius 1 is 1.10 bits per heavy atom. The summed E-state index contributed by atoms with van der Waals surface area (Å²) in [6.45, 7) is 3.71. The number of nitrogens with two attached hydrogens (primary N) is 1. The van der Waals surface area contributed by atoms with Gasteiger partial charge in [-0.05, 0) is 19.9 Å². The second-order valence-electron chi connectivity index (χ2n) is 7.26. The van der Waals surface area contributed by atoms with Crippen LogP contribution in [0.1, 0.15) is 30.2 Å². The van der Waals surface area contributed by atoms with Crippen LogP contribution in [-0.4, -0.2) is 25.4 Å². The summed E-state index contributed by atoms with van der Waals surface area (Å²) in [5.74, 6) is -0.866. The van der Waals surface area contributed by atoms with Crippen molar-refractivity contribution in [3.05, 3.63) is 80.0 Å². The molecule has 0 aliphatic heterocycles. The number of nitrogens with zero attached hydrogens (tertiary/aromatic N) is 3. The van der Waals surface area contributed by atoms with Gasteiger partial charge in [0.05, 0.1) is 11.4 Å². The van der Waals surface area contributed by atoms with Crippen LogP contribution in [0.25, 0.3) is 33.7 Å². The fraction of sp³-hybridized carbons (Fsp3) is 0.136. The summed E-state index contributed by atoms with van der Waals surface area (Å²) in [6, 6.07) is 10.6. The van der Waals surface area contributed by atoms with Gasteiger partial charge in [-0.2, -0.15) is 0 Å². The van der Waals surface area contributed by atoms with Crippen LogP contribution >= 0.6 is 11.6 Å². The number of halogens is 1. The van der Waals surface area contributed by atoms with E-state index in [4.69, 9.17) is 17.3 Å². The molecule has 31 heavy (non-hydrogen) atoms. The van der Waals surface area contributed by atoms with E-state index < -0.39 is 11.3 Å². The second-order valence-corrected chi connectivity index (χ2v) is 7.67. The number of aromatic amines is 1. The van der Waals surface area contributed by atoms with Gasteiger partial charge in [-0.3, -0.25) is 14.4 Å². The van der Waals surface area contributed by atoms with E-state index in [1.165, 1.54) is 16.8 Å². The number of rotatable bonds is 4. The summed E-state index contributed by atoms with van der Waals surface area (Å²) in [5.41, 5.74) is 6.40. The van der Waals surface area contributed by atoms with Gasteiger partial charge in [-0.15, -0.1) is 0 Å². The fourth-order valence-electron chi connectivity index (χ4n) is 3.29. The maximum Gasteiger partial charge on any atom is 0.269 e. The number of pyridine rings is 2. The molecule has 0 radical (unpaired) electrons. The third-order valence-electron chi connectivity index (χ3n) is 4.85. The molecule has 9 heteroatoms. The van der Waals surface area contributed by atoms with Gasteiger partial charge < -0.3 is 15.3 Å². The zero-order chi connectivity index (χ0) is 22.3. The number of aromatic nitrogens is 4. The lowest BCUT2D eigenvalue weighted by Crippen LogP contribution is -2.23. The zero-order valence-electron chi connectivity index (χ0n) is 16.7. The lowest BCUT2D eigenvalue weighted by molar-refractivity contribution is 0.0999. The molecule has 4 aromatic rings. The molecule has 0 bridgehead atoms. The van der Waals surface area contributed by atoms with Crippen molar-refractivity contribution < 1.29 is 4.79 Å². The second kappa shape index (κ2) is 7.81. The lowest BCUT2D eigenvalue weighted by atomic mass is 10.0. The highest BCUT2D eigenvalue weighted by atomic mass is 35.5. The van der Waals surface area contributed by atoms with E-state index in [2.05, 4.69) is 15.0 Å². The molecule has 0 spiro atoms. The largest absolute Gasteiger partial charge is 0.365 e. The first kappa shape index (κ1) is 20.5. The number of H-pyrrole nitrogens is 1. The fourth-order valence-corrected chi connectivity index (χ4v) is 3.51. The zero-order valence-corrected chi connectivity index (χ0v) is 17.5. The van der Waals surface area contributed by atoms with Crippen molar-refractivity contribution in [2.24, 2.45) is 5.73 Å². The van der Waals surface area contributed by atoms with E-state index in [1.807, 2.05) is 44.2 Å². The molecule has 3 aromatic heterocycles. The Balaban J connectivity index is 2.12. The predicted octanol–water partition coefficient (Wildman–Crippen LogP) is 3.15. The smallest absolute Gasteiger partial charge is 0.269 e. The summed E-state index contributed by atoms with van der Waals surface area (Å²) in [4.78, 5) is 48.8. The molecule has 1 aromatic carbocycles. The first-order valence-corrected chi connectivity index (χ1v) is 9.86. The standard InChI is InChI=1S/C22H18ClN5O3/c1-11(2)28-10-13(8-15(23)22(28)31)17-16(12-6-4-3-5-7-12)27-21-18(26-17)19(29)14(9-25-21)20(24)30/h3-11H,1-2H3,(H2,24,30)(H,25,27,29). The molecule has 0 aliphatic carbocycles. The van der Waals surface area contributed by atoms with E-state index in [9.17, 15) is 14.4 Å². The minimum absolute atomic E-state index is 0.0203. The van der Waals surface area contributed by atoms with Crippen molar-refractivity contribution in [3.8, 4) is 22.5 Å². The maximum absolute atomic E-state index is 12.8. The summed E-state index contributed by atoms with van der Waals surface area (Å²) >= 11 is 6.22. The van der Waals surface area contributed by atoms with Crippen LogP contribution in [-0.2, 0) is 0 Å². The minimum atomic E-state index is -0.866. The molecule has 0 aliphatic rings. The number of hydrogen-bond donors (Lipinski definition) is 2. The number of benzene rings is 1. The average molecular weight is 436 g/mol. The highest BCUT2D eigenvalue weighted by molar-refractivity contribution is 6.30. The number of hydrogen-bond acceptors (Lipinski definition) is 5. The van der Waals surface area contributed by atoms with E-state index in [-0.39, 0.29) is 33.4 Å². The molecule has 156 valence electrons. The topological polar surface area (TPSA) is 124 Å². The molecule has 0 saturated carbocycles. The number of amides is 1. The van der Waals surface area contributed by atoms with E-state index in [1.54, 1.807) is 6.20 Å². The van der Waals surface area contributed by atoms with Crippen LogP contribution in [0.2, 0.25) is 5.02 Å². The van der Waals surface area contributed by atoms with Crippen LogP contribution < -0.4 is 16.7 Å². The average Bonchev–Trinajstić information content (AvgIpc) is 2.75. The monoisotopic (exact) mass is 435 g/mol. The van der Waals surface area contributed by atoms with Gasteiger partial charge in [0.2, 0.25) is 5.43 Å². The SMILES string of the molecule is CC(C)n1cc(-c2nc3c(=O)c(C(N)=O)c[nH]c3nc2-c2ccccc2)cc(Cl)c1=O. The number of fused-ring (bicyclic) bond motifs is 1. The molecule has 3 heterocycles. The molecule has 0 fully saturated rings. The lowest BCUT2D eigenvalue weighted by Gasteiger charge is -2.15. The minimum Gasteiger partial charge on any atom is -0.365 e. The van der Waals surface area contributed by atoms with Crippen molar-refractivity contribution in [1.82, 2.24) is 19.5 Å². The van der Waals surface area contributed by atoms with Crippen molar-refractivity contribution in [1.29, 1.82) is 0 Å². The van der Waals surface area contributed by atoms with Crippen molar-refractivity contribution in [2.45, 2.75) is 19.9 Å². The Morgan fingerprint density at radius 2 is 1.77 bits per heavy atom. The van der Waals surface area contributed by atoms with Gasteiger partial charge in [-0.1, -0.05) is 41.9 Å². The molecule has 4 rings (SSSR count). The van der Waals surface area contributed by atoms with Crippen LogP contribution in [0.3, 0.4) is 0 Å². The molecule has 1 amide bonds. The first-order chi connectivity index (χ1) is 14.8. The van der Waals surface area contributed by atoms with Gasteiger partial charge in [0.25, 0.3) is 11.5 Å². The Labute approximate surface area is 181 Å². The Kier molecular flexibility index (Phi) is 5.16. The first-order valence-electron chi connectivity index (χ1n) is 9.48. The highest BCUT2D eigenvalue weighted by Gasteiger charge is 2.19. The molecule has 8 nitrogen and oxygen atoms in total. The molecule has 0 saturated heterocycles. The van der Waals surface area contributed by atoms with Gasteiger partial charge >= 0.3 is 0 Å². The third-order valence-corrected chi connectivity index (χ3v) is 5.12. The Hall–Kier alpha value is -3.78. The molecule has 3 N–H and O–H groups in total. The van der Waals surface area contributed by atoms with Crippen molar-refractivity contribution >= 4 is 28.7 Å². The number of carbonyl (C=O) groups excluding carboxylic acids is 1. The number of carbonyl (C=O) groups is 1. The van der Waals surface area contributed by atoms with Crippen molar-refractivity contribution in [3.63, 3.8) is 0 Å². The van der Waals surface area contributed by atoms with Gasteiger partial charge in [0.15, 0.2) is 11.2 Å². The molecular formula is C22H18ClN5O3. The highest BCUT2D eigenvalue weighted by Crippen LogP contribution is 2.31. The number of primary amides is 1.